The fourth-order valence-electron chi connectivity index (χ4n) is 3.22. The smallest absolute Gasteiger partial charge is 0.0804 e. The molecule has 0 radical (unpaired) electrons. The molecule has 2 atom stereocenters. The van der Waals surface area contributed by atoms with Crippen LogP contribution in [0, 0.1) is 6.92 Å². The zero-order chi connectivity index (χ0) is 13.7. The van der Waals surface area contributed by atoms with Gasteiger partial charge in [-0.05, 0) is 50.3 Å². The average molecular weight is 261 g/mol. The summed E-state index contributed by atoms with van der Waals surface area (Å²) < 4.78 is 0. The van der Waals surface area contributed by atoms with Crippen molar-refractivity contribution in [3.05, 3.63) is 35.4 Å². The Kier molecular flexibility index (Phi) is 5.41. The molecule has 0 aromatic heterocycles. The second-order valence-electron chi connectivity index (χ2n) is 5.75. The third-order valence-electron chi connectivity index (χ3n) is 4.46. The molecule has 1 heterocycles. The molecule has 0 aliphatic carbocycles. The minimum absolute atomic E-state index is 0.319. The van der Waals surface area contributed by atoms with Crippen LogP contribution in [0.4, 0.5) is 0 Å². The van der Waals surface area contributed by atoms with Gasteiger partial charge in [0.2, 0.25) is 0 Å². The molecule has 0 spiro atoms. The molecule has 2 heteroatoms. The van der Waals surface area contributed by atoms with Crippen LogP contribution >= 0.6 is 0 Å². The summed E-state index contributed by atoms with van der Waals surface area (Å²) in [6.07, 6.45) is 5.78. The van der Waals surface area contributed by atoms with Gasteiger partial charge in [-0.2, -0.15) is 0 Å². The lowest BCUT2D eigenvalue weighted by Gasteiger charge is -2.35. The van der Waals surface area contributed by atoms with Crippen LogP contribution in [0.5, 0.6) is 0 Å². The summed E-state index contributed by atoms with van der Waals surface area (Å²) in [5, 5.41) is 10.4. The maximum absolute atomic E-state index is 10.4. The number of aryl methyl sites for hydroxylation is 1. The van der Waals surface area contributed by atoms with E-state index >= 15 is 0 Å². The number of benzene rings is 1. The molecular formula is C17H27NO. The number of piperidine rings is 1. The van der Waals surface area contributed by atoms with E-state index in [1.54, 1.807) is 0 Å². The van der Waals surface area contributed by atoms with Gasteiger partial charge in [0.15, 0.2) is 0 Å². The summed E-state index contributed by atoms with van der Waals surface area (Å²) in [4.78, 5) is 2.57. The van der Waals surface area contributed by atoms with Gasteiger partial charge in [0.25, 0.3) is 0 Å². The van der Waals surface area contributed by atoms with Crippen LogP contribution in [-0.4, -0.2) is 29.1 Å². The number of hydrogen-bond donors (Lipinski definition) is 1. The summed E-state index contributed by atoms with van der Waals surface area (Å²) in [7, 11) is 0. The monoisotopic (exact) mass is 261 g/mol. The molecule has 1 fully saturated rings. The molecule has 0 amide bonds. The second-order valence-corrected chi connectivity index (χ2v) is 5.75. The van der Waals surface area contributed by atoms with Gasteiger partial charge in [0, 0.05) is 12.6 Å². The number of rotatable bonds is 5. The molecule has 106 valence electrons. The molecule has 1 aliphatic rings. The fourth-order valence-corrected chi connectivity index (χ4v) is 3.22. The normalized spacial score (nSPS) is 22.4. The fraction of sp³-hybridized carbons (Fsp3) is 0.647. The first-order chi connectivity index (χ1) is 9.22. The lowest BCUT2D eigenvalue weighted by atomic mass is 9.97. The van der Waals surface area contributed by atoms with E-state index in [0.717, 1.165) is 24.6 Å². The lowest BCUT2D eigenvalue weighted by molar-refractivity contribution is 0.101. The molecule has 2 unspecified atom stereocenters. The Labute approximate surface area is 117 Å². The van der Waals surface area contributed by atoms with Crippen molar-refractivity contribution in [3.8, 4) is 0 Å². The van der Waals surface area contributed by atoms with Crippen molar-refractivity contribution < 1.29 is 5.11 Å². The quantitative estimate of drug-likeness (QED) is 0.874. The number of aliphatic hydroxyl groups is 1. The van der Waals surface area contributed by atoms with Crippen LogP contribution < -0.4 is 0 Å². The third kappa shape index (κ3) is 3.80. The van der Waals surface area contributed by atoms with Crippen LogP contribution in [0.25, 0.3) is 0 Å². The highest BCUT2D eigenvalue weighted by molar-refractivity contribution is 5.27. The van der Waals surface area contributed by atoms with E-state index in [9.17, 15) is 5.11 Å². The Balaban J connectivity index is 1.89. The van der Waals surface area contributed by atoms with Crippen LogP contribution in [0.15, 0.2) is 24.3 Å². The van der Waals surface area contributed by atoms with Crippen molar-refractivity contribution in [2.75, 3.05) is 13.1 Å². The molecule has 0 bridgehead atoms. The largest absolute Gasteiger partial charge is 0.388 e. The first kappa shape index (κ1) is 14.5. The van der Waals surface area contributed by atoms with Crippen LogP contribution in [0.2, 0.25) is 0 Å². The standard InChI is InChI=1S/C17H27NO/c1-3-15-9-6-7-12-18(15)13-11-17(19)16-10-5-4-8-14(16)2/h4-5,8,10,15,17,19H,3,6-7,9,11-13H2,1-2H3. The highest BCUT2D eigenvalue weighted by atomic mass is 16.3. The topological polar surface area (TPSA) is 23.5 Å². The van der Waals surface area contributed by atoms with Crippen molar-refractivity contribution in [2.24, 2.45) is 0 Å². The molecule has 2 nitrogen and oxygen atoms in total. The summed E-state index contributed by atoms with van der Waals surface area (Å²) in [6, 6.07) is 8.91. The van der Waals surface area contributed by atoms with Gasteiger partial charge >= 0.3 is 0 Å². The Morgan fingerprint density at radius 3 is 2.84 bits per heavy atom. The first-order valence-electron chi connectivity index (χ1n) is 7.70. The first-order valence-corrected chi connectivity index (χ1v) is 7.70. The van der Waals surface area contributed by atoms with Gasteiger partial charge in [-0.3, -0.25) is 0 Å². The Hall–Kier alpha value is -0.860. The van der Waals surface area contributed by atoms with E-state index in [0.29, 0.717) is 0 Å². The maximum atomic E-state index is 10.4. The molecule has 1 N–H and O–H groups in total. The molecule has 2 rings (SSSR count). The van der Waals surface area contributed by atoms with E-state index < -0.39 is 0 Å². The minimum atomic E-state index is -0.319. The number of aliphatic hydroxyl groups excluding tert-OH is 1. The highest BCUT2D eigenvalue weighted by Crippen LogP contribution is 2.24. The van der Waals surface area contributed by atoms with E-state index in [1.165, 1.54) is 37.8 Å². The van der Waals surface area contributed by atoms with Crippen molar-refractivity contribution in [1.29, 1.82) is 0 Å². The van der Waals surface area contributed by atoms with Crippen molar-refractivity contribution in [1.82, 2.24) is 4.90 Å². The zero-order valence-electron chi connectivity index (χ0n) is 12.3. The van der Waals surface area contributed by atoms with E-state index in [2.05, 4.69) is 24.8 Å². The van der Waals surface area contributed by atoms with Gasteiger partial charge < -0.3 is 10.0 Å². The zero-order valence-corrected chi connectivity index (χ0v) is 12.3. The van der Waals surface area contributed by atoms with Crippen molar-refractivity contribution in [3.63, 3.8) is 0 Å². The van der Waals surface area contributed by atoms with Crippen molar-refractivity contribution in [2.45, 2.75) is 58.1 Å². The predicted octanol–water partition coefficient (Wildman–Crippen LogP) is 3.68. The number of likely N-dealkylation sites (tertiary alicyclic amines) is 1. The second kappa shape index (κ2) is 7.06. The minimum Gasteiger partial charge on any atom is -0.388 e. The maximum Gasteiger partial charge on any atom is 0.0804 e. The predicted molar refractivity (Wildman–Crippen MR) is 80.3 cm³/mol. The molecular weight excluding hydrogens is 234 g/mol. The van der Waals surface area contributed by atoms with E-state index in [1.807, 2.05) is 18.2 Å². The highest BCUT2D eigenvalue weighted by Gasteiger charge is 2.21. The molecule has 19 heavy (non-hydrogen) atoms. The molecule has 1 aromatic rings. The van der Waals surface area contributed by atoms with Gasteiger partial charge in [-0.25, -0.2) is 0 Å². The molecule has 1 aromatic carbocycles. The summed E-state index contributed by atoms with van der Waals surface area (Å²) in [5.41, 5.74) is 2.29. The van der Waals surface area contributed by atoms with Gasteiger partial charge in [-0.1, -0.05) is 37.6 Å². The van der Waals surface area contributed by atoms with Gasteiger partial charge in [-0.15, -0.1) is 0 Å². The number of nitrogens with zero attached hydrogens (tertiary/aromatic N) is 1. The van der Waals surface area contributed by atoms with Crippen molar-refractivity contribution >= 4 is 0 Å². The summed E-state index contributed by atoms with van der Waals surface area (Å²) in [6.45, 7) is 6.59. The Bertz CT molecular complexity index is 391. The number of hydrogen-bond acceptors (Lipinski definition) is 2. The Morgan fingerprint density at radius 1 is 1.32 bits per heavy atom. The van der Waals surface area contributed by atoms with E-state index in [-0.39, 0.29) is 6.10 Å². The summed E-state index contributed by atoms with van der Waals surface area (Å²) in [5.74, 6) is 0. The molecule has 1 saturated heterocycles. The summed E-state index contributed by atoms with van der Waals surface area (Å²) >= 11 is 0. The van der Waals surface area contributed by atoms with Crippen LogP contribution in [0.1, 0.15) is 56.3 Å². The van der Waals surface area contributed by atoms with Gasteiger partial charge in [0.1, 0.15) is 0 Å². The van der Waals surface area contributed by atoms with Gasteiger partial charge in [0.05, 0.1) is 6.10 Å². The third-order valence-corrected chi connectivity index (χ3v) is 4.46. The average Bonchev–Trinajstić information content (AvgIpc) is 2.45. The molecule has 0 saturated carbocycles. The SMILES string of the molecule is CCC1CCCCN1CCC(O)c1ccccc1C. The Morgan fingerprint density at radius 2 is 2.11 bits per heavy atom. The lowest BCUT2D eigenvalue weighted by Crippen LogP contribution is -2.40. The van der Waals surface area contributed by atoms with E-state index in [4.69, 9.17) is 0 Å². The molecule has 1 aliphatic heterocycles. The van der Waals surface area contributed by atoms with Crippen LogP contribution in [0.3, 0.4) is 0 Å². The van der Waals surface area contributed by atoms with Crippen LogP contribution in [-0.2, 0) is 0 Å².